The Morgan fingerprint density at radius 3 is 2.34 bits per heavy atom. The van der Waals surface area contributed by atoms with Crippen molar-refractivity contribution in [2.45, 2.75) is 70.2 Å². The number of rotatable bonds is 7. The number of carbonyl (C=O) groups is 2. The first kappa shape index (κ1) is 23.5. The van der Waals surface area contributed by atoms with Gasteiger partial charge in [0.05, 0.1) is 23.8 Å². The molecule has 8 heteroatoms. The topological polar surface area (TPSA) is 76.7 Å². The van der Waals surface area contributed by atoms with E-state index in [0.717, 1.165) is 0 Å². The van der Waals surface area contributed by atoms with Crippen molar-refractivity contribution in [3.05, 3.63) is 35.9 Å². The van der Waals surface area contributed by atoms with Gasteiger partial charge in [-0.15, -0.1) is 0 Å². The van der Waals surface area contributed by atoms with E-state index in [0.29, 0.717) is 5.56 Å². The summed E-state index contributed by atoms with van der Waals surface area (Å²) in [5, 5.41) is 5.72. The first-order valence-electron chi connectivity index (χ1n) is 9.97. The van der Waals surface area contributed by atoms with Gasteiger partial charge in [0.1, 0.15) is 12.8 Å². The summed E-state index contributed by atoms with van der Waals surface area (Å²) in [6.45, 7) is 11.9. The summed E-state index contributed by atoms with van der Waals surface area (Å²) < 4.78 is 27.1. The van der Waals surface area contributed by atoms with E-state index < -0.39 is 38.6 Å². The molecule has 1 aliphatic rings. The summed E-state index contributed by atoms with van der Waals surface area (Å²) in [6, 6.07) is 7.58. The molecule has 0 spiro atoms. The van der Waals surface area contributed by atoms with Gasteiger partial charge in [-0.2, -0.15) is 0 Å². The molecule has 1 saturated heterocycles. The van der Waals surface area contributed by atoms with Gasteiger partial charge in [-0.3, -0.25) is 4.79 Å². The van der Waals surface area contributed by atoms with Gasteiger partial charge >= 0.3 is 5.97 Å². The fourth-order valence-electron chi connectivity index (χ4n) is 2.97. The van der Waals surface area contributed by atoms with E-state index in [1.807, 2.05) is 6.07 Å². The Morgan fingerprint density at radius 1 is 1.17 bits per heavy atom. The van der Waals surface area contributed by atoms with Gasteiger partial charge in [-0.05, 0) is 30.3 Å². The Hall–Kier alpha value is -1.77. The van der Waals surface area contributed by atoms with Crippen LogP contribution < -0.4 is 10.6 Å². The number of alkyl halides is 1. The van der Waals surface area contributed by atoms with Gasteiger partial charge in [0.2, 0.25) is 5.91 Å². The van der Waals surface area contributed by atoms with E-state index in [1.165, 1.54) is 6.92 Å². The highest BCUT2D eigenvalue weighted by atomic mass is 28.4. The lowest BCUT2D eigenvalue weighted by Crippen LogP contribution is -2.50. The van der Waals surface area contributed by atoms with Crippen LogP contribution in [0.25, 0.3) is 0 Å². The maximum atomic E-state index is 15.3. The Labute approximate surface area is 173 Å². The Bertz CT molecular complexity index is 708. The maximum absolute atomic E-state index is 15.3. The van der Waals surface area contributed by atoms with Crippen molar-refractivity contribution in [3.8, 4) is 0 Å². The largest absolute Gasteiger partial charge is 0.460 e. The van der Waals surface area contributed by atoms with E-state index in [9.17, 15) is 9.59 Å². The molecule has 1 amide bonds. The Kier molecular flexibility index (Phi) is 7.59. The summed E-state index contributed by atoms with van der Waals surface area (Å²) >= 11 is 0. The SMILES string of the molecule is CC(=O)NC[C@H]1N[C@H](COC(=O)c2ccccc2)[C@@H](O[Si](C)(C)C(C)(C)C)[C@H]1F. The minimum atomic E-state index is -2.26. The number of ether oxygens (including phenoxy) is 1. The molecule has 2 rings (SSSR count). The van der Waals surface area contributed by atoms with Crippen molar-refractivity contribution < 1.29 is 23.1 Å². The minimum absolute atomic E-state index is 0.00991. The van der Waals surface area contributed by atoms with Gasteiger partial charge in [0.15, 0.2) is 8.32 Å². The van der Waals surface area contributed by atoms with E-state index in [-0.39, 0.29) is 24.1 Å². The molecule has 162 valence electrons. The number of esters is 1. The lowest BCUT2D eigenvalue weighted by atomic mass is 10.1. The van der Waals surface area contributed by atoms with Crippen molar-refractivity contribution in [1.29, 1.82) is 0 Å². The molecular weight excluding hydrogens is 391 g/mol. The second-order valence-corrected chi connectivity index (χ2v) is 13.8. The van der Waals surface area contributed by atoms with Crippen LogP contribution in [0, 0.1) is 0 Å². The number of amides is 1. The molecule has 1 aromatic carbocycles. The van der Waals surface area contributed by atoms with Crippen molar-refractivity contribution in [1.82, 2.24) is 10.6 Å². The fourth-order valence-corrected chi connectivity index (χ4v) is 4.30. The summed E-state index contributed by atoms with van der Waals surface area (Å²) in [5.74, 6) is -0.681. The zero-order valence-corrected chi connectivity index (χ0v) is 19.1. The van der Waals surface area contributed by atoms with Crippen LogP contribution in [0.4, 0.5) is 4.39 Å². The van der Waals surface area contributed by atoms with Gasteiger partial charge in [-0.25, -0.2) is 9.18 Å². The monoisotopic (exact) mass is 424 g/mol. The van der Waals surface area contributed by atoms with Gasteiger partial charge in [-0.1, -0.05) is 39.0 Å². The predicted octanol–water partition coefficient (Wildman–Crippen LogP) is 3.05. The summed E-state index contributed by atoms with van der Waals surface area (Å²) in [6.07, 6.45) is -2.07. The molecule has 0 unspecified atom stereocenters. The summed E-state index contributed by atoms with van der Waals surface area (Å²) in [4.78, 5) is 23.5. The number of hydrogen-bond donors (Lipinski definition) is 2. The van der Waals surface area contributed by atoms with E-state index >= 15 is 4.39 Å². The molecule has 0 aromatic heterocycles. The maximum Gasteiger partial charge on any atom is 0.338 e. The fraction of sp³-hybridized carbons (Fsp3) is 0.619. The van der Waals surface area contributed by atoms with Crippen LogP contribution >= 0.6 is 0 Å². The van der Waals surface area contributed by atoms with E-state index in [4.69, 9.17) is 9.16 Å². The van der Waals surface area contributed by atoms with Crippen molar-refractivity contribution in [2.75, 3.05) is 13.2 Å². The standard InChI is InChI=1S/C21H33FN2O4Si/c1-14(25)23-12-16-18(22)19(28-29(5,6)21(2,3)4)17(24-16)13-27-20(26)15-10-8-7-9-11-15/h7-11,16-19,24H,12-13H2,1-6H3,(H,23,25)/t16-,17-,18+,19-/m1/s1. The quantitative estimate of drug-likeness (QED) is 0.520. The van der Waals surface area contributed by atoms with Crippen LogP contribution in [0.2, 0.25) is 18.1 Å². The Balaban J connectivity index is 2.12. The molecule has 2 N–H and O–H groups in total. The zero-order valence-electron chi connectivity index (χ0n) is 18.1. The van der Waals surface area contributed by atoms with Crippen molar-refractivity contribution in [2.24, 2.45) is 0 Å². The number of carbonyl (C=O) groups excluding carboxylic acids is 2. The van der Waals surface area contributed by atoms with Gasteiger partial charge in [0.25, 0.3) is 0 Å². The molecule has 0 radical (unpaired) electrons. The third-order valence-electron chi connectivity index (χ3n) is 5.73. The number of nitrogens with one attached hydrogen (secondary N) is 2. The molecule has 4 atom stereocenters. The predicted molar refractivity (Wildman–Crippen MR) is 113 cm³/mol. The van der Waals surface area contributed by atoms with Crippen LogP contribution in [-0.4, -0.2) is 57.7 Å². The van der Waals surface area contributed by atoms with Crippen LogP contribution in [-0.2, 0) is 14.0 Å². The Morgan fingerprint density at radius 2 is 1.79 bits per heavy atom. The second kappa shape index (κ2) is 9.36. The lowest BCUT2D eigenvalue weighted by molar-refractivity contribution is -0.119. The molecular formula is C21H33FN2O4Si. The van der Waals surface area contributed by atoms with Gasteiger partial charge in [0, 0.05) is 13.5 Å². The molecule has 1 aromatic rings. The molecule has 0 bridgehead atoms. The van der Waals surface area contributed by atoms with Crippen molar-refractivity contribution >= 4 is 20.2 Å². The summed E-state index contributed by atoms with van der Waals surface area (Å²) in [5.41, 5.74) is 0.443. The average Bonchev–Trinajstić information content (AvgIpc) is 2.92. The first-order chi connectivity index (χ1) is 13.4. The highest BCUT2D eigenvalue weighted by Crippen LogP contribution is 2.39. The average molecular weight is 425 g/mol. The zero-order chi connectivity index (χ0) is 21.8. The molecule has 29 heavy (non-hydrogen) atoms. The summed E-state index contributed by atoms with van der Waals surface area (Å²) in [7, 11) is -2.26. The molecule has 0 saturated carbocycles. The molecule has 1 heterocycles. The highest BCUT2D eigenvalue weighted by molar-refractivity contribution is 6.74. The van der Waals surface area contributed by atoms with E-state index in [2.05, 4.69) is 44.5 Å². The van der Waals surface area contributed by atoms with Crippen molar-refractivity contribution in [3.63, 3.8) is 0 Å². The first-order valence-corrected chi connectivity index (χ1v) is 12.9. The lowest BCUT2D eigenvalue weighted by Gasteiger charge is -2.40. The molecule has 6 nitrogen and oxygen atoms in total. The smallest absolute Gasteiger partial charge is 0.338 e. The van der Waals surface area contributed by atoms with Crippen LogP contribution in [0.5, 0.6) is 0 Å². The molecule has 1 aliphatic heterocycles. The third kappa shape index (κ3) is 6.10. The molecule has 0 aliphatic carbocycles. The molecule has 1 fully saturated rings. The number of hydrogen-bond acceptors (Lipinski definition) is 5. The minimum Gasteiger partial charge on any atom is -0.460 e. The van der Waals surface area contributed by atoms with Crippen LogP contribution in [0.15, 0.2) is 30.3 Å². The van der Waals surface area contributed by atoms with Crippen LogP contribution in [0.1, 0.15) is 38.1 Å². The highest BCUT2D eigenvalue weighted by Gasteiger charge is 2.49. The van der Waals surface area contributed by atoms with E-state index in [1.54, 1.807) is 24.3 Å². The van der Waals surface area contributed by atoms with Crippen LogP contribution in [0.3, 0.4) is 0 Å². The van der Waals surface area contributed by atoms with Gasteiger partial charge < -0.3 is 19.8 Å². The normalized spacial score (nSPS) is 24.9. The third-order valence-corrected chi connectivity index (χ3v) is 10.2. The second-order valence-electron chi connectivity index (χ2n) is 9.07. The number of benzene rings is 1. The number of halogens is 1.